The van der Waals surface area contributed by atoms with Gasteiger partial charge in [-0.05, 0) is 50.4 Å². The van der Waals surface area contributed by atoms with Crippen molar-refractivity contribution in [2.45, 2.75) is 38.6 Å². The Hall–Kier alpha value is -1.13. The van der Waals surface area contributed by atoms with Gasteiger partial charge in [0.05, 0.1) is 0 Å². The minimum absolute atomic E-state index is 0.598. The molecular formula is C15H22FNO2. The van der Waals surface area contributed by atoms with Crippen LogP contribution in [0.3, 0.4) is 0 Å². The fourth-order valence-corrected chi connectivity index (χ4v) is 2.43. The highest BCUT2D eigenvalue weighted by molar-refractivity contribution is 5.27. The predicted molar refractivity (Wildman–Crippen MR) is 73.0 cm³/mol. The third-order valence-corrected chi connectivity index (χ3v) is 3.38. The lowest BCUT2D eigenvalue weighted by Gasteiger charge is -2.14. The van der Waals surface area contributed by atoms with Crippen LogP contribution in [0.15, 0.2) is 24.3 Å². The van der Waals surface area contributed by atoms with Crippen molar-refractivity contribution in [2.24, 2.45) is 0 Å². The number of nitrogens with zero attached hydrogens (tertiary/aromatic N) is 1. The third-order valence-electron chi connectivity index (χ3n) is 3.38. The van der Waals surface area contributed by atoms with Gasteiger partial charge in [-0.2, -0.15) is 0 Å². The Morgan fingerprint density at radius 2 is 2.16 bits per heavy atom. The van der Waals surface area contributed by atoms with Gasteiger partial charge in [0.1, 0.15) is 11.9 Å². The zero-order valence-corrected chi connectivity index (χ0v) is 11.4. The van der Waals surface area contributed by atoms with Crippen LogP contribution in [0, 0.1) is 0 Å². The van der Waals surface area contributed by atoms with E-state index in [0.29, 0.717) is 18.7 Å². The first-order valence-corrected chi connectivity index (χ1v) is 6.93. The fourth-order valence-electron chi connectivity index (χ4n) is 2.43. The number of aliphatic hydroxyl groups excluding tert-OH is 1. The molecule has 1 heterocycles. The molecule has 4 heteroatoms. The van der Waals surface area contributed by atoms with Crippen molar-refractivity contribution in [3.63, 3.8) is 0 Å². The first-order valence-electron chi connectivity index (χ1n) is 6.93. The molecule has 0 bridgehead atoms. The Balaban J connectivity index is 1.71. The highest BCUT2D eigenvalue weighted by Crippen LogP contribution is 2.16. The van der Waals surface area contributed by atoms with Crippen molar-refractivity contribution in [1.82, 2.24) is 4.90 Å². The topological polar surface area (TPSA) is 32.7 Å². The Morgan fingerprint density at radius 1 is 1.42 bits per heavy atom. The number of hydrogen-bond donors (Lipinski definition) is 1. The van der Waals surface area contributed by atoms with Gasteiger partial charge in [0, 0.05) is 13.1 Å². The van der Waals surface area contributed by atoms with Gasteiger partial charge >= 0.3 is 0 Å². The van der Waals surface area contributed by atoms with Crippen LogP contribution >= 0.6 is 0 Å². The molecule has 106 valence electrons. The molecule has 1 aliphatic heterocycles. The fraction of sp³-hybridized carbons (Fsp3) is 0.600. The van der Waals surface area contributed by atoms with Crippen LogP contribution in [0.4, 0.5) is 4.39 Å². The second kappa shape index (κ2) is 6.87. The van der Waals surface area contributed by atoms with Crippen LogP contribution in [0.2, 0.25) is 0 Å². The molecule has 0 spiro atoms. The Labute approximate surface area is 114 Å². The van der Waals surface area contributed by atoms with Crippen molar-refractivity contribution in [3.8, 4) is 5.75 Å². The van der Waals surface area contributed by atoms with Crippen molar-refractivity contribution in [1.29, 1.82) is 0 Å². The van der Waals surface area contributed by atoms with E-state index in [1.807, 2.05) is 24.3 Å². The van der Waals surface area contributed by atoms with Gasteiger partial charge in [0.2, 0.25) is 0 Å². The van der Waals surface area contributed by atoms with Crippen LogP contribution in [0.1, 0.15) is 25.3 Å². The molecule has 2 atom stereocenters. The van der Waals surface area contributed by atoms with E-state index < -0.39 is 12.5 Å². The maximum atomic E-state index is 13.0. The second-order valence-corrected chi connectivity index (χ2v) is 5.15. The summed E-state index contributed by atoms with van der Waals surface area (Å²) < 4.78 is 18.2. The summed E-state index contributed by atoms with van der Waals surface area (Å²) in [6, 6.07) is 7.77. The van der Waals surface area contributed by atoms with E-state index in [1.54, 1.807) is 6.92 Å². The molecule has 1 N–H and O–H groups in total. The lowest BCUT2D eigenvalue weighted by atomic mass is 10.1. The number of benzene rings is 1. The number of rotatable bonds is 6. The molecule has 19 heavy (non-hydrogen) atoms. The minimum atomic E-state index is -0.783. The number of ether oxygens (including phenoxy) is 1. The number of likely N-dealkylation sites (tertiary alicyclic amines) is 1. The summed E-state index contributed by atoms with van der Waals surface area (Å²) in [5.41, 5.74) is 1.24. The predicted octanol–water partition coefficient (Wildman–Crippen LogP) is 2.38. The van der Waals surface area contributed by atoms with Gasteiger partial charge < -0.3 is 14.7 Å². The lowest BCUT2D eigenvalue weighted by molar-refractivity contribution is -0.000304. The van der Waals surface area contributed by atoms with Crippen molar-refractivity contribution in [3.05, 3.63) is 29.8 Å². The zero-order valence-electron chi connectivity index (χ0n) is 11.4. The normalized spacial score (nSPS) is 21.5. The number of hydrogen-bond acceptors (Lipinski definition) is 3. The van der Waals surface area contributed by atoms with Crippen LogP contribution in [0.5, 0.6) is 5.75 Å². The van der Waals surface area contributed by atoms with Crippen molar-refractivity contribution >= 4 is 0 Å². The smallest absolute Gasteiger partial charge is 0.194 e. The Kier molecular flexibility index (Phi) is 5.16. The van der Waals surface area contributed by atoms with Crippen molar-refractivity contribution in [2.75, 3.05) is 19.6 Å². The number of alkyl halides is 1. The van der Waals surface area contributed by atoms with Gasteiger partial charge in [0.15, 0.2) is 6.29 Å². The van der Waals surface area contributed by atoms with Crippen LogP contribution < -0.4 is 4.74 Å². The quantitative estimate of drug-likeness (QED) is 0.803. The minimum Gasteiger partial charge on any atom is -0.465 e. The Bertz CT molecular complexity index is 380. The molecule has 3 nitrogen and oxygen atoms in total. The summed E-state index contributed by atoms with van der Waals surface area (Å²) in [6.07, 6.45) is 1.31. The van der Waals surface area contributed by atoms with Crippen LogP contribution in [-0.2, 0) is 6.42 Å². The van der Waals surface area contributed by atoms with Crippen LogP contribution in [-0.4, -0.2) is 42.1 Å². The summed E-state index contributed by atoms with van der Waals surface area (Å²) in [6.45, 7) is 4.04. The first kappa shape index (κ1) is 14.3. The molecule has 1 unspecified atom stereocenters. The van der Waals surface area contributed by atoms with Crippen LogP contribution in [0.25, 0.3) is 0 Å². The molecule has 1 aromatic rings. The van der Waals surface area contributed by atoms with Gasteiger partial charge in [-0.3, -0.25) is 0 Å². The third kappa shape index (κ3) is 4.80. The summed E-state index contributed by atoms with van der Waals surface area (Å²) in [4.78, 5) is 2.19. The van der Waals surface area contributed by atoms with Gasteiger partial charge in [-0.15, -0.1) is 0 Å². The number of aryl methyl sites for hydroxylation is 1. The van der Waals surface area contributed by atoms with E-state index in [4.69, 9.17) is 9.84 Å². The first-order chi connectivity index (χ1) is 9.13. The van der Waals surface area contributed by atoms with E-state index in [0.717, 1.165) is 25.9 Å². The van der Waals surface area contributed by atoms with E-state index >= 15 is 0 Å². The second-order valence-electron chi connectivity index (χ2n) is 5.15. The number of halogens is 1. The molecule has 1 saturated heterocycles. The lowest BCUT2D eigenvalue weighted by Crippen LogP contribution is -2.22. The zero-order chi connectivity index (χ0) is 13.7. The highest BCUT2D eigenvalue weighted by Gasteiger charge is 2.20. The van der Waals surface area contributed by atoms with Gasteiger partial charge in [-0.1, -0.05) is 12.1 Å². The maximum absolute atomic E-state index is 13.0. The Morgan fingerprint density at radius 3 is 2.74 bits per heavy atom. The van der Waals surface area contributed by atoms with Gasteiger partial charge in [-0.25, -0.2) is 4.39 Å². The van der Waals surface area contributed by atoms with E-state index in [9.17, 15) is 4.39 Å². The van der Waals surface area contributed by atoms with E-state index in [1.165, 1.54) is 5.56 Å². The van der Waals surface area contributed by atoms with Gasteiger partial charge in [0.25, 0.3) is 0 Å². The average Bonchev–Trinajstić information content (AvgIpc) is 2.77. The monoisotopic (exact) mass is 267 g/mol. The summed E-state index contributed by atoms with van der Waals surface area (Å²) in [5.74, 6) is 0.679. The molecule has 0 radical (unpaired) electrons. The molecule has 0 amide bonds. The molecule has 1 fully saturated rings. The van der Waals surface area contributed by atoms with Crippen molar-refractivity contribution < 1.29 is 14.2 Å². The number of aliphatic hydroxyl groups is 1. The molecule has 2 rings (SSSR count). The van der Waals surface area contributed by atoms with E-state index in [2.05, 4.69) is 4.90 Å². The molecule has 0 aliphatic carbocycles. The summed E-state index contributed by atoms with van der Waals surface area (Å²) in [7, 11) is 0. The molecule has 1 aliphatic rings. The maximum Gasteiger partial charge on any atom is 0.194 e. The average molecular weight is 267 g/mol. The summed E-state index contributed by atoms with van der Waals surface area (Å²) in [5, 5.41) is 9.10. The molecule has 0 aromatic heterocycles. The largest absolute Gasteiger partial charge is 0.465 e. The SMILES string of the molecule is CC(O)Oc1ccc(CCCN2CC[C@@H](F)C2)cc1. The molecule has 1 aromatic carbocycles. The highest BCUT2D eigenvalue weighted by atomic mass is 19.1. The van der Waals surface area contributed by atoms with E-state index in [-0.39, 0.29) is 0 Å². The molecule has 0 saturated carbocycles. The summed E-state index contributed by atoms with van der Waals surface area (Å²) >= 11 is 0. The molecular weight excluding hydrogens is 245 g/mol. The standard InChI is InChI=1S/C15H22FNO2/c1-12(18)19-15-6-4-13(5-7-15)3-2-9-17-10-8-14(16)11-17/h4-7,12,14,18H,2-3,8-11H2,1H3/t12?,14-/m1/s1.